The normalized spacial score (nSPS) is 10.4. The number of aromatic nitrogens is 2. The van der Waals surface area contributed by atoms with E-state index in [4.69, 9.17) is 22.7 Å². The van der Waals surface area contributed by atoms with Crippen molar-refractivity contribution in [1.29, 1.82) is 0 Å². The molecule has 0 amide bonds. The van der Waals surface area contributed by atoms with Crippen LogP contribution in [0.1, 0.15) is 5.56 Å². The zero-order chi connectivity index (χ0) is 13.8. The molecule has 0 unspecified atom stereocenters. The van der Waals surface area contributed by atoms with Gasteiger partial charge in [-0.1, -0.05) is 18.2 Å². The Kier molecular flexibility index (Phi) is 4.01. The molecule has 0 saturated heterocycles. The second-order valence-corrected chi connectivity index (χ2v) is 4.46. The fraction of sp³-hybridized carbons (Fsp3) is 0.231. The van der Waals surface area contributed by atoms with E-state index in [1.54, 1.807) is 11.7 Å². The molecule has 0 aliphatic carbocycles. The van der Waals surface area contributed by atoms with Crippen LogP contribution >= 0.6 is 12.2 Å². The van der Waals surface area contributed by atoms with Gasteiger partial charge in [-0.05, 0) is 30.3 Å². The molecular weight excluding hydrogens is 262 g/mol. The summed E-state index contributed by atoms with van der Waals surface area (Å²) in [6, 6.07) is 9.10. The number of aromatic amines is 1. The number of H-pyrrole nitrogens is 1. The molecule has 100 valence electrons. The molecule has 5 nitrogen and oxygen atoms in total. The van der Waals surface area contributed by atoms with Gasteiger partial charge < -0.3 is 15.0 Å². The quantitative estimate of drug-likeness (QED) is 0.835. The van der Waals surface area contributed by atoms with Crippen LogP contribution in [-0.4, -0.2) is 16.7 Å². The van der Waals surface area contributed by atoms with Gasteiger partial charge in [-0.15, -0.1) is 0 Å². The summed E-state index contributed by atoms with van der Waals surface area (Å²) in [4.78, 5) is 13.8. The van der Waals surface area contributed by atoms with Crippen molar-refractivity contribution in [2.45, 2.75) is 13.0 Å². The summed E-state index contributed by atoms with van der Waals surface area (Å²) in [6.07, 6.45) is 0.717. The van der Waals surface area contributed by atoms with Gasteiger partial charge in [0, 0.05) is 12.6 Å². The van der Waals surface area contributed by atoms with E-state index >= 15 is 0 Å². The molecule has 3 N–H and O–H groups in total. The molecule has 2 rings (SSSR count). The smallest absolute Gasteiger partial charge is 0.253 e. The van der Waals surface area contributed by atoms with Crippen LogP contribution in [0.4, 0.5) is 5.82 Å². The average molecular weight is 277 g/mol. The van der Waals surface area contributed by atoms with Gasteiger partial charge >= 0.3 is 0 Å². The third-order valence-electron chi connectivity index (χ3n) is 2.86. The highest BCUT2D eigenvalue weighted by Gasteiger charge is 2.04. The summed E-state index contributed by atoms with van der Waals surface area (Å²) in [7, 11) is 1.64. The van der Waals surface area contributed by atoms with E-state index in [1.807, 2.05) is 24.3 Å². The third kappa shape index (κ3) is 3.03. The molecule has 2 aromatic rings. The highest BCUT2D eigenvalue weighted by atomic mass is 32.1. The maximum absolute atomic E-state index is 11.2. The topological polar surface area (TPSA) is 73.0 Å². The van der Waals surface area contributed by atoms with Crippen LogP contribution in [0.15, 0.2) is 35.1 Å². The number of nitrogens with one attached hydrogen (secondary N) is 1. The number of hydrogen-bond donors (Lipinski definition) is 2. The van der Waals surface area contributed by atoms with E-state index in [9.17, 15) is 4.79 Å². The Labute approximate surface area is 115 Å². The Balaban J connectivity index is 2.24. The molecule has 1 aromatic heterocycles. The standard InChI is InChI=1S/C13H15N3O2S/c1-18-10-5-3-2-4-9(10)6-7-16-11(14)8-12(17)15-13(16)19/h2-5,8H,6-7,14H2,1H3,(H,15,17,19). The number of methoxy groups -OCH3 is 1. The van der Waals surface area contributed by atoms with Crippen LogP contribution in [0.2, 0.25) is 0 Å². The van der Waals surface area contributed by atoms with Crippen LogP contribution in [-0.2, 0) is 13.0 Å². The molecule has 19 heavy (non-hydrogen) atoms. The molecule has 0 bridgehead atoms. The van der Waals surface area contributed by atoms with Gasteiger partial charge in [0.2, 0.25) is 0 Å². The summed E-state index contributed by atoms with van der Waals surface area (Å²) < 4.78 is 7.32. The SMILES string of the molecule is COc1ccccc1CCn1c(N)cc(=O)[nH]c1=S. The van der Waals surface area contributed by atoms with E-state index in [0.29, 0.717) is 23.6 Å². The minimum Gasteiger partial charge on any atom is -0.496 e. The van der Waals surface area contributed by atoms with Gasteiger partial charge in [-0.3, -0.25) is 9.78 Å². The van der Waals surface area contributed by atoms with Gasteiger partial charge in [-0.25, -0.2) is 0 Å². The second kappa shape index (κ2) is 5.71. The van der Waals surface area contributed by atoms with E-state index in [1.165, 1.54) is 6.07 Å². The van der Waals surface area contributed by atoms with Gasteiger partial charge in [0.05, 0.1) is 7.11 Å². The Hall–Kier alpha value is -2.08. The first kappa shape index (κ1) is 13.4. The summed E-state index contributed by atoms with van der Waals surface area (Å²) in [5.41, 5.74) is 6.59. The second-order valence-electron chi connectivity index (χ2n) is 4.08. The Morgan fingerprint density at radius 1 is 1.42 bits per heavy atom. The highest BCUT2D eigenvalue weighted by Crippen LogP contribution is 2.18. The number of hydrogen-bond acceptors (Lipinski definition) is 4. The molecule has 0 aliphatic rings. The molecule has 0 fully saturated rings. The first-order valence-electron chi connectivity index (χ1n) is 5.83. The molecule has 0 spiro atoms. The number of aryl methyl sites for hydroxylation is 1. The lowest BCUT2D eigenvalue weighted by molar-refractivity contribution is 0.408. The molecule has 0 radical (unpaired) electrons. The zero-order valence-electron chi connectivity index (χ0n) is 10.6. The van der Waals surface area contributed by atoms with Crippen molar-refractivity contribution in [2.75, 3.05) is 12.8 Å². The lowest BCUT2D eigenvalue weighted by Gasteiger charge is -2.12. The first-order chi connectivity index (χ1) is 9.11. The predicted octanol–water partition coefficient (Wildman–Crippen LogP) is 1.74. The summed E-state index contributed by atoms with van der Waals surface area (Å²) in [5, 5.41) is 0. The lowest BCUT2D eigenvalue weighted by Crippen LogP contribution is -2.17. The fourth-order valence-corrected chi connectivity index (χ4v) is 2.21. The molecular formula is C13H15N3O2S. The van der Waals surface area contributed by atoms with Crippen LogP contribution < -0.4 is 16.0 Å². The highest BCUT2D eigenvalue weighted by molar-refractivity contribution is 7.71. The molecule has 1 aromatic carbocycles. The number of nitrogens with zero attached hydrogens (tertiary/aromatic N) is 1. The average Bonchev–Trinajstić information content (AvgIpc) is 2.38. The van der Waals surface area contributed by atoms with Gasteiger partial charge in [-0.2, -0.15) is 0 Å². The Morgan fingerprint density at radius 3 is 2.84 bits per heavy atom. The van der Waals surface area contributed by atoms with Crippen molar-refractivity contribution in [3.05, 3.63) is 51.0 Å². The number of nitrogen functional groups attached to an aromatic ring is 1. The largest absolute Gasteiger partial charge is 0.496 e. The van der Waals surface area contributed by atoms with Crippen molar-refractivity contribution in [3.63, 3.8) is 0 Å². The maximum atomic E-state index is 11.2. The number of ether oxygens (including phenoxy) is 1. The lowest BCUT2D eigenvalue weighted by atomic mass is 10.1. The summed E-state index contributed by atoms with van der Waals surface area (Å²) in [5.74, 6) is 1.20. The van der Waals surface area contributed by atoms with E-state index < -0.39 is 0 Å². The van der Waals surface area contributed by atoms with E-state index in [-0.39, 0.29) is 5.56 Å². The Bertz CT molecular complexity index is 691. The number of anilines is 1. The van der Waals surface area contributed by atoms with E-state index in [0.717, 1.165) is 11.3 Å². The molecule has 0 atom stereocenters. The van der Waals surface area contributed by atoms with Crippen molar-refractivity contribution < 1.29 is 4.74 Å². The summed E-state index contributed by atoms with van der Waals surface area (Å²) >= 11 is 5.10. The van der Waals surface area contributed by atoms with Gasteiger partial charge in [0.15, 0.2) is 4.77 Å². The van der Waals surface area contributed by atoms with Crippen molar-refractivity contribution in [2.24, 2.45) is 0 Å². The minimum atomic E-state index is -0.281. The Morgan fingerprint density at radius 2 is 2.16 bits per heavy atom. The zero-order valence-corrected chi connectivity index (χ0v) is 11.4. The number of rotatable bonds is 4. The number of benzene rings is 1. The van der Waals surface area contributed by atoms with Crippen LogP contribution in [0, 0.1) is 4.77 Å². The van der Waals surface area contributed by atoms with Gasteiger partial charge in [0.1, 0.15) is 11.6 Å². The minimum absolute atomic E-state index is 0.281. The first-order valence-corrected chi connectivity index (χ1v) is 6.24. The third-order valence-corrected chi connectivity index (χ3v) is 3.19. The van der Waals surface area contributed by atoms with Crippen molar-refractivity contribution >= 4 is 18.0 Å². The van der Waals surface area contributed by atoms with Crippen molar-refractivity contribution in [1.82, 2.24) is 9.55 Å². The number of para-hydroxylation sites is 1. The monoisotopic (exact) mass is 277 g/mol. The number of nitrogens with two attached hydrogens (primary N) is 1. The molecule has 1 heterocycles. The van der Waals surface area contributed by atoms with Crippen molar-refractivity contribution in [3.8, 4) is 5.75 Å². The summed E-state index contributed by atoms with van der Waals surface area (Å²) in [6.45, 7) is 0.585. The molecule has 0 saturated carbocycles. The molecule has 0 aliphatic heterocycles. The predicted molar refractivity (Wildman–Crippen MR) is 77.0 cm³/mol. The fourth-order valence-electron chi connectivity index (χ4n) is 1.91. The van der Waals surface area contributed by atoms with Crippen LogP contribution in [0.3, 0.4) is 0 Å². The maximum Gasteiger partial charge on any atom is 0.253 e. The molecule has 6 heteroatoms. The van der Waals surface area contributed by atoms with Crippen LogP contribution in [0.5, 0.6) is 5.75 Å². The van der Waals surface area contributed by atoms with E-state index in [2.05, 4.69) is 4.98 Å². The van der Waals surface area contributed by atoms with Crippen LogP contribution in [0.25, 0.3) is 0 Å². The van der Waals surface area contributed by atoms with Gasteiger partial charge in [0.25, 0.3) is 5.56 Å².